The Balaban J connectivity index is 1.02. The first-order chi connectivity index (χ1) is 20.5. The number of aliphatic hydroxyl groups is 1. The minimum atomic E-state index is -0.782. The van der Waals surface area contributed by atoms with E-state index < -0.39 is 35.4 Å². The monoisotopic (exact) mass is 606 g/mol. The third-order valence-electron chi connectivity index (χ3n) is 14.0. The van der Waals surface area contributed by atoms with Gasteiger partial charge in [0.1, 0.15) is 0 Å². The molecule has 4 bridgehead atoms. The van der Waals surface area contributed by atoms with Crippen molar-refractivity contribution in [2.45, 2.75) is 153 Å². The van der Waals surface area contributed by atoms with Crippen LogP contribution in [0.2, 0.25) is 0 Å². The predicted octanol–water partition coefficient (Wildman–Crippen LogP) is 5.88. The highest BCUT2D eigenvalue weighted by atomic mass is 17.3. The maximum Gasteiger partial charge on any atom is 0.201 e. The van der Waals surface area contributed by atoms with Crippen LogP contribution in [0.15, 0.2) is 0 Å². The zero-order chi connectivity index (χ0) is 29.9. The highest BCUT2D eigenvalue weighted by Crippen LogP contribution is 2.63. The molecule has 0 aromatic rings. The second kappa shape index (κ2) is 10.3. The number of aliphatic hydroxyl groups excluding tert-OH is 1. The van der Waals surface area contributed by atoms with Crippen molar-refractivity contribution in [2.24, 2.45) is 53.3 Å². The third kappa shape index (κ3) is 4.28. The molecule has 0 aromatic heterocycles. The maximum absolute atomic E-state index is 10.8. The molecule has 8 saturated heterocycles. The number of ether oxygens (including phenoxy) is 4. The molecular formula is C34H54O9. The van der Waals surface area contributed by atoms with Gasteiger partial charge in [0.05, 0.1) is 12.2 Å². The molecule has 8 heterocycles. The quantitative estimate of drug-likeness (QED) is 0.385. The predicted molar refractivity (Wildman–Crippen MR) is 153 cm³/mol. The zero-order valence-corrected chi connectivity index (χ0v) is 27.0. The van der Waals surface area contributed by atoms with Crippen molar-refractivity contribution in [3.63, 3.8) is 0 Å². The Hall–Kier alpha value is -0.360. The first-order valence-corrected chi connectivity index (χ1v) is 17.5. The van der Waals surface area contributed by atoms with E-state index in [2.05, 4.69) is 27.7 Å². The lowest BCUT2D eigenvalue weighted by atomic mass is 9.56. The van der Waals surface area contributed by atoms with Gasteiger partial charge in [0, 0.05) is 31.3 Å². The summed E-state index contributed by atoms with van der Waals surface area (Å²) in [5, 5.41) is 10.8. The highest BCUT2D eigenvalue weighted by Gasteiger charge is 2.71. The molecule has 1 N–H and O–H groups in total. The summed E-state index contributed by atoms with van der Waals surface area (Å²) in [7, 11) is 0. The molecule has 9 heteroatoms. The summed E-state index contributed by atoms with van der Waals surface area (Å²) in [6.45, 7) is 13.4. The molecular weight excluding hydrogens is 552 g/mol. The maximum atomic E-state index is 10.8. The Morgan fingerprint density at radius 2 is 1.05 bits per heavy atom. The third-order valence-corrected chi connectivity index (χ3v) is 14.0. The van der Waals surface area contributed by atoms with Crippen LogP contribution >= 0.6 is 0 Å². The van der Waals surface area contributed by atoms with E-state index in [-0.39, 0.29) is 48.4 Å². The fraction of sp³-hybridized carbons (Fsp3) is 1.00. The average molecular weight is 607 g/mol. The number of hydrogen-bond donors (Lipinski definition) is 1. The summed E-state index contributed by atoms with van der Waals surface area (Å²) in [5.41, 5.74) is -1.12. The van der Waals surface area contributed by atoms with E-state index in [9.17, 15) is 5.11 Å². The lowest BCUT2D eigenvalue weighted by Crippen LogP contribution is -2.70. The molecule has 2 saturated carbocycles. The summed E-state index contributed by atoms with van der Waals surface area (Å²) < 4.78 is 27.0. The van der Waals surface area contributed by atoms with Crippen molar-refractivity contribution in [1.29, 1.82) is 0 Å². The van der Waals surface area contributed by atoms with E-state index in [1.165, 1.54) is 12.8 Å². The van der Waals surface area contributed by atoms with Crippen LogP contribution < -0.4 is 0 Å². The van der Waals surface area contributed by atoms with Gasteiger partial charge < -0.3 is 24.1 Å². The van der Waals surface area contributed by atoms with Gasteiger partial charge in [0.2, 0.25) is 11.6 Å². The average Bonchev–Trinajstić information content (AvgIpc) is 3.35. The molecule has 0 amide bonds. The van der Waals surface area contributed by atoms with E-state index >= 15 is 0 Å². The fourth-order valence-electron chi connectivity index (χ4n) is 11.4. The van der Waals surface area contributed by atoms with Crippen molar-refractivity contribution >= 4 is 0 Å². The molecule has 9 nitrogen and oxygen atoms in total. The largest absolute Gasteiger partial charge is 0.396 e. The van der Waals surface area contributed by atoms with Crippen molar-refractivity contribution in [3.8, 4) is 0 Å². The van der Waals surface area contributed by atoms with Crippen molar-refractivity contribution in [3.05, 3.63) is 0 Å². The van der Waals surface area contributed by atoms with Gasteiger partial charge in [-0.15, -0.1) is 0 Å². The normalized spacial score (nSPS) is 59.5. The molecule has 10 rings (SSSR count). The highest BCUT2D eigenvalue weighted by molar-refractivity contribution is 5.11. The van der Waals surface area contributed by atoms with Gasteiger partial charge in [-0.2, -0.15) is 0 Å². The molecule has 2 spiro atoms. The number of fused-ring (bicyclic) bond motifs is 4. The molecule has 244 valence electrons. The van der Waals surface area contributed by atoms with Gasteiger partial charge in [-0.05, 0) is 107 Å². The summed E-state index contributed by atoms with van der Waals surface area (Å²) in [4.78, 5) is 24.7. The first-order valence-electron chi connectivity index (χ1n) is 17.5. The molecule has 16 atom stereocenters. The lowest BCUT2D eigenvalue weighted by Gasteiger charge is -2.61. The Bertz CT molecular complexity index is 994. The summed E-state index contributed by atoms with van der Waals surface area (Å²) in [5.74, 6) is 1.35. The van der Waals surface area contributed by atoms with Crippen LogP contribution in [-0.4, -0.2) is 59.3 Å². The fourth-order valence-corrected chi connectivity index (χ4v) is 11.4. The van der Waals surface area contributed by atoms with E-state index in [0.717, 1.165) is 51.4 Å². The minimum Gasteiger partial charge on any atom is -0.396 e. The van der Waals surface area contributed by atoms with Crippen molar-refractivity contribution < 1.29 is 43.6 Å². The molecule has 10 fully saturated rings. The van der Waals surface area contributed by atoms with Gasteiger partial charge in [-0.1, -0.05) is 27.7 Å². The van der Waals surface area contributed by atoms with E-state index in [1.807, 2.05) is 13.8 Å². The Kier molecular flexibility index (Phi) is 7.20. The van der Waals surface area contributed by atoms with Gasteiger partial charge in [0.25, 0.3) is 0 Å². The second-order valence-electron chi connectivity index (χ2n) is 16.4. The first kappa shape index (κ1) is 30.0. The Morgan fingerprint density at radius 3 is 1.47 bits per heavy atom. The Labute approximate surface area is 256 Å². The molecule has 43 heavy (non-hydrogen) atoms. The van der Waals surface area contributed by atoms with Crippen LogP contribution in [0.3, 0.4) is 0 Å². The molecule has 0 unspecified atom stereocenters. The topological polar surface area (TPSA) is 94.1 Å². The number of hydrogen-bond acceptors (Lipinski definition) is 9. The van der Waals surface area contributed by atoms with Crippen LogP contribution in [0, 0.1) is 53.3 Å². The second-order valence-corrected chi connectivity index (χ2v) is 16.4. The van der Waals surface area contributed by atoms with E-state index in [1.54, 1.807) is 0 Å². The lowest BCUT2D eigenvalue weighted by molar-refractivity contribution is -0.571. The van der Waals surface area contributed by atoms with Crippen LogP contribution in [0.5, 0.6) is 0 Å². The summed E-state index contributed by atoms with van der Waals surface area (Å²) in [6, 6.07) is 0. The van der Waals surface area contributed by atoms with Crippen LogP contribution in [-0.2, 0) is 38.5 Å². The van der Waals surface area contributed by atoms with Crippen LogP contribution in [0.1, 0.15) is 106 Å². The van der Waals surface area contributed by atoms with Gasteiger partial charge in [-0.25, -0.2) is 19.6 Å². The molecule has 0 aromatic carbocycles. The Morgan fingerprint density at radius 1 is 0.605 bits per heavy atom. The van der Waals surface area contributed by atoms with Crippen LogP contribution in [0.25, 0.3) is 0 Å². The molecule has 2 aliphatic carbocycles. The molecule has 8 aliphatic heterocycles. The van der Waals surface area contributed by atoms with E-state index in [4.69, 9.17) is 38.5 Å². The van der Waals surface area contributed by atoms with Gasteiger partial charge >= 0.3 is 0 Å². The van der Waals surface area contributed by atoms with Gasteiger partial charge in [-0.3, -0.25) is 0 Å². The molecule has 0 radical (unpaired) electrons. The smallest absolute Gasteiger partial charge is 0.201 e. The molecule has 10 aliphatic rings. The van der Waals surface area contributed by atoms with Crippen molar-refractivity contribution in [2.75, 3.05) is 6.61 Å². The zero-order valence-electron chi connectivity index (χ0n) is 27.0. The number of rotatable bonds is 5. The summed E-state index contributed by atoms with van der Waals surface area (Å²) in [6.07, 6.45) is 8.74. The SMILES string of the molecule is C[C@H]1[C@@H](CC(CO)C[C@H]2O[C@@H]3O[C@@]4(C)CC[C@H]5[C@H](C)CC[C@@H]([C@H]2C)[C@@]35OO4)O[C@@H]2O[C@@]3(C)CC[C@H]4[C@H](C)CC[C@@H]1[C@@]24OO3. The summed E-state index contributed by atoms with van der Waals surface area (Å²) >= 11 is 0. The van der Waals surface area contributed by atoms with Crippen molar-refractivity contribution in [1.82, 2.24) is 0 Å². The van der Waals surface area contributed by atoms with E-state index in [0.29, 0.717) is 23.7 Å². The van der Waals surface area contributed by atoms with Gasteiger partial charge in [0.15, 0.2) is 23.8 Å². The van der Waals surface area contributed by atoms with Crippen LogP contribution in [0.4, 0.5) is 0 Å². The minimum absolute atomic E-state index is 0.0334. The standard InChI is InChI=1S/C34H54O9/c1-18-7-9-25-20(3)27(36-29-33(25)23(18)11-13-31(5,38-29)40-42-33)15-22(17-35)16-28-21(4)26-10-8-19(2)24-12-14-32(6)39-30(37-28)34(24,26)43-41-32/h18-30,35H,7-17H2,1-6H3/t18-,19-,20-,21-,23+,24+,25+,26+,27-,28-,29-,30-,31-,32-,33-,34-/m1/s1.